The first-order chi connectivity index (χ1) is 9.80. The molecule has 0 heterocycles. The van der Waals surface area contributed by atoms with Gasteiger partial charge in [-0.05, 0) is 42.7 Å². The van der Waals surface area contributed by atoms with E-state index >= 15 is 0 Å². The molecule has 1 atom stereocenters. The zero-order chi connectivity index (χ0) is 16.0. The van der Waals surface area contributed by atoms with Gasteiger partial charge in [0.2, 0.25) is 10.0 Å². The predicted octanol–water partition coefficient (Wildman–Crippen LogP) is 2.00. The molecule has 7 heteroatoms. The van der Waals surface area contributed by atoms with Gasteiger partial charge in [-0.2, -0.15) is 5.26 Å². The van der Waals surface area contributed by atoms with Gasteiger partial charge in [-0.15, -0.1) is 0 Å². The van der Waals surface area contributed by atoms with Gasteiger partial charge in [-0.3, -0.25) is 4.72 Å². The second-order valence-electron chi connectivity index (χ2n) is 4.36. The molecule has 21 heavy (non-hydrogen) atoms. The van der Waals surface area contributed by atoms with Crippen LogP contribution in [-0.2, 0) is 21.2 Å². The van der Waals surface area contributed by atoms with E-state index in [0.717, 1.165) is 11.6 Å². The van der Waals surface area contributed by atoms with Gasteiger partial charge < -0.3 is 5.11 Å². The highest BCUT2D eigenvalue weighted by Gasteiger charge is 2.20. The molecule has 0 spiro atoms. The van der Waals surface area contributed by atoms with Gasteiger partial charge >= 0.3 is 5.97 Å². The Morgan fingerprint density at radius 2 is 2.19 bits per heavy atom. The van der Waals surface area contributed by atoms with Crippen molar-refractivity contribution in [2.75, 3.05) is 4.72 Å². The second kappa shape index (κ2) is 6.90. The molecule has 0 aliphatic heterocycles. The third-order valence-electron chi connectivity index (χ3n) is 2.83. The molecular weight excluding hydrogens is 292 g/mol. The van der Waals surface area contributed by atoms with Crippen molar-refractivity contribution < 1.29 is 18.3 Å². The minimum atomic E-state index is -3.76. The van der Waals surface area contributed by atoms with E-state index < -0.39 is 21.2 Å². The molecule has 1 rings (SSSR count). The molecule has 0 amide bonds. The smallest absolute Gasteiger partial charge is 0.328 e. The highest BCUT2D eigenvalue weighted by molar-refractivity contribution is 7.93. The minimum Gasteiger partial charge on any atom is -0.478 e. The summed E-state index contributed by atoms with van der Waals surface area (Å²) in [4.78, 5) is 10.5. The molecule has 0 radical (unpaired) electrons. The summed E-state index contributed by atoms with van der Waals surface area (Å²) in [6.07, 6.45) is 3.00. The Labute approximate surface area is 123 Å². The van der Waals surface area contributed by atoms with Crippen LogP contribution in [0.5, 0.6) is 0 Å². The van der Waals surface area contributed by atoms with E-state index in [1.165, 1.54) is 13.0 Å². The van der Waals surface area contributed by atoms with Crippen molar-refractivity contribution >= 4 is 27.8 Å². The van der Waals surface area contributed by atoms with Crippen LogP contribution in [0.3, 0.4) is 0 Å². The van der Waals surface area contributed by atoms with Crippen molar-refractivity contribution in [3.05, 3.63) is 35.4 Å². The fraction of sp³-hybridized carbons (Fsp3) is 0.286. The molecule has 0 saturated carbocycles. The number of anilines is 1. The Bertz CT molecular complexity index is 702. The van der Waals surface area contributed by atoms with E-state index in [1.54, 1.807) is 24.3 Å². The molecule has 2 N–H and O–H groups in total. The third kappa shape index (κ3) is 4.61. The van der Waals surface area contributed by atoms with Crippen molar-refractivity contribution in [1.82, 2.24) is 0 Å². The van der Waals surface area contributed by atoms with Crippen LogP contribution in [-0.4, -0.2) is 24.7 Å². The number of nitrogens with one attached hydrogen (secondary N) is 1. The third-order valence-corrected chi connectivity index (χ3v) is 4.37. The standard InChI is InChI=1S/C14H16N2O4S/c1-3-12-8-11(5-7-14(17)18)4-6-13(12)16-21(19,20)10(2)9-15/h4-8,10,16H,3H2,1-2H3,(H,17,18)/b7-5+. The van der Waals surface area contributed by atoms with Crippen molar-refractivity contribution in [2.24, 2.45) is 0 Å². The SMILES string of the molecule is CCc1cc(/C=C/C(=O)O)ccc1NS(=O)(=O)C(C)C#N. The van der Waals surface area contributed by atoms with Crippen LogP contribution in [0.25, 0.3) is 6.08 Å². The monoisotopic (exact) mass is 308 g/mol. The number of carbonyl (C=O) groups is 1. The maximum Gasteiger partial charge on any atom is 0.328 e. The van der Waals surface area contributed by atoms with Gasteiger partial charge in [-0.1, -0.05) is 13.0 Å². The summed E-state index contributed by atoms with van der Waals surface area (Å²) in [5.41, 5.74) is 1.77. The lowest BCUT2D eigenvalue weighted by Crippen LogP contribution is -2.24. The maximum atomic E-state index is 11.9. The topological polar surface area (TPSA) is 107 Å². The Kier molecular flexibility index (Phi) is 5.50. The lowest BCUT2D eigenvalue weighted by Gasteiger charge is -2.13. The summed E-state index contributed by atoms with van der Waals surface area (Å²) in [6.45, 7) is 3.16. The fourth-order valence-corrected chi connectivity index (χ4v) is 2.41. The van der Waals surface area contributed by atoms with E-state index in [4.69, 9.17) is 10.4 Å². The average molecular weight is 308 g/mol. The first-order valence-corrected chi connectivity index (χ1v) is 7.80. The molecule has 0 aromatic heterocycles. The Hall–Kier alpha value is -2.33. The highest BCUT2D eigenvalue weighted by Crippen LogP contribution is 2.21. The molecule has 1 aromatic carbocycles. The van der Waals surface area contributed by atoms with E-state index in [1.807, 2.05) is 6.92 Å². The Balaban J connectivity index is 3.11. The summed E-state index contributed by atoms with van der Waals surface area (Å²) in [5.74, 6) is -1.05. The van der Waals surface area contributed by atoms with Crippen molar-refractivity contribution in [2.45, 2.75) is 25.5 Å². The number of carboxylic acid groups (broad SMARTS) is 1. The first kappa shape index (κ1) is 16.7. The number of nitrogens with zero attached hydrogens (tertiary/aromatic N) is 1. The van der Waals surface area contributed by atoms with Crippen LogP contribution >= 0.6 is 0 Å². The molecule has 0 bridgehead atoms. The average Bonchev–Trinajstić information content (AvgIpc) is 2.44. The van der Waals surface area contributed by atoms with Crippen molar-refractivity contribution in [3.8, 4) is 6.07 Å². The number of aryl methyl sites for hydroxylation is 1. The molecule has 1 aromatic rings. The van der Waals surface area contributed by atoms with Gasteiger partial charge in [-0.25, -0.2) is 13.2 Å². The summed E-state index contributed by atoms with van der Waals surface area (Å²) >= 11 is 0. The van der Waals surface area contributed by atoms with Gasteiger partial charge in [0.05, 0.1) is 11.8 Å². The molecule has 0 saturated heterocycles. The first-order valence-electron chi connectivity index (χ1n) is 6.25. The maximum absolute atomic E-state index is 11.9. The van der Waals surface area contributed by atoms with Gasteiger partial charge in [0.1, 0.15) is 0 Å². The molecule has 6 nitrogen and oxygen atoms in total. The summed E-state index contributed by atoms with van der Waals surface area (Å²) in [6, 6.07) is 6.55. The van der Waals surface area contributed by atoms with E-state index in [2.05, 4.69) is 4.72 Å². The highest BCUT2D eigenvalue weighted by atomic mass is 32.2. The number of aliphatic carboxylic acids is 1. The van der Waals surface area contributed by atoms with Crippen LogP contribution < -0.4 is 4.72 Å². The van der Waals surface area contributed by atoms with Crippen LogP contribution in [0, 0.1) is 11.3 Å². The summed E-state index contributed by atoms with van der Waals surface area (Å²) < 4.78 is 26.1. The van der Waals surface area contributed by atoms with Crippen LogP contribution in [0.4, 0.5) is 5.69 Å². The van der Waals surface area contributed by atoms with Crippen molar-refractivity contribution in [1.29, 1.82) is 5.26 Å². The fourth-order valence-electron chi connectivity index (χ4n) is 1.59. The lowest BCUT2D eigenvalue weighted by molar-refractivity contribution is -0.131. The van der Waals surface area contributed by atoms with Crippen LogP contribution in [0.2, 0.25) is 0 Å². The lowest BCUT2D eigenvalue weighted by atomic mass is 10.1. The summed E-state index contributed by atoms with van der Waals surface area (Å²) in [5, 5.41) is 16.1. The number of nitriles is 1. The number of rotatable bonds is 6. The summed E-state index contributed by atoms with van der Waals surface area (Å²) in [7, 11) is -3.76. The molecule has 112 valence electrons. The van der Waals surface area contributed by atoms with E-state index in [0.29, 0.717) is 17.7 Å². The largest absolute Gasteiger partial charge is 0.478 e. The zero-order valence-corrected chi connectivity index (χ0v) is 12.5. The molecule has 0 aliphatic carbocycles. The Morgan fingerprint density at radius 1 is 1.52 bits per heavy atom. The number of hydrogen-bond acceptors (Lipinski definition) is 4. The molecule has 0 fully saturated rings. The zero-order valence-electron chi connectivity index (χ0n) is 11.7. The van der Waals surface area contributed by atoms with E-state index in [-0.39, 0.29) is 0 Å². The Morgan fingerprint density at radius 3 is 2.71 bits per heavy atom. The van der Waals surface area contributed by atoms with E-state index in [9.17, 15) is 13.2 Å². The minimum absolute atomic E-state index is 0.395. The van der Waals surface area contributed by atoms with Crippen LogP contribution in [0.1, 0.15) is 25.0 Å². The second-order valence-corrected chi connectivity index (χ2v) is 6.36. The molecular formula is C14H16N2O4S. The van der Waals surface area contributed by atoms with Gasteiger partial charge in [0.25, 0.3) is 0 Å². The van der Waals surface area contributed by atoms with Gasteiger partial charge in [0, 0.05) is 6.08 Å². The number of benzene rings is 1. The van der Waals surface area contributed by atoms with Gasteiger partial charge in [0.15, 0.2) is 5.25 Å². The van der Waals surface area contributed by atoms with Crippen molar-refractivity contribution in [3.63, 3.8) is 0 Å². The predicted molar refractivity (Wildman–Crippen MR) is 80.1 cm³/mol. The number of sulfonamides is 1. The normalized spacial score (nSPS) is 12.8. The molecule has 0 aliphatic rings. The van der Waals surface area contributed by atoms with Crippen LogP contribution in [0.15, 0.2) is 24.3 Å². The number of carboxylic acids is 1. The quantitative estimate of drug-likeness (QED) is 0.781. The number of hydrogen-bond donors (Lipinski definition) is 2. The molecule has 1 unspecified atom stereocenters.